The Bertz CT molecular complexity index is 623. The first-order valence-electron chi connectivity index (χ1n) is 5.82. The number of rotatable bonds is 1. The van der Waals surface area contributed by atoms with Crippen LogP contribution in [0.4, 0.5) is 0 Å². The predicted molar refractivity (Wildman–Crippen MR) is 72.1 cm³/mol. The first-order valence-corrected chi connectivity index (χ1v) is 5.82. The van der Waals surface area contributed by atoms with E-state index in [0.29, 0.717) is 0 Å². The summed E-state index contributed by atoms with van der Waals surface area (Å²) in [6, 6.07) is 24.6. The molecule has 0 amide bonds. The molecule has 1 aromatic carbocycles. The number of fused-ring (bicyclic) bond motifs is 1. The fourth-order valence-electron chi connectivity index (χ4n) is 2.23. The van der Waals surface area contributed by atoms with Crippen LogP contribution in [-0.4, -0.2) is 0 Å². The van der Waals surface area contributed by atoms with Gasteiger partial charge in [-0.25, -0.2) is 0 Å². The maximum absolute atomic E-state index is 3.39. The van der Waals surface area contributed by atoms with E-state index in [0.717, 1.165) is 0 Å². The number of hydrogen-bond acceptors (Lipinski definition) is 0. The molecule has 0 unspecified atom stereocenters. The van der Waals surface area contributed by atoms with Crippen LogP contribution in [0.15, 0.2) is 60.7 Å². The second-order valence-electron chi connectivity index (χ2n) is 4.28. The average molecular weight is 379 g/mol. The normalized spacial score (nSPS) is 9.05. The molecule has 3 rings (SSSR count). The largest absolute Gasteiger partial charge is 3.00 e. The zero-order valence-corrected chi connectivity index (χ0v) is 15.0. The number of hydrogen-bond donors (Lipinski definition) is 0. The summed E-state index contributed by atoms with van der Waals surface area (Å²) in [5.74, 6) is 0. The molecule has 0 aromatic heterocycles. The van der Waals surface area contributed by atoms with Gasteiger partial charge in [-0.15, -0.1) is 29.3 Å². The molecule has 0 heterocycles. The third-order valence-corrected chi connectivity index (χ3v) is 2.99. The van der Waals surface area contributed by atoms with Crippen molar-refractivity contribution in [1.29, 1.82) is 0 Å². The van der Waals surface area contributed by atoms with Gasteiger partial charge in [0.1, 0.15) is 0 Å². The van der Waals surface area contributed by atoms with Crippen molar-refractivity contribution < 1.29 is 51.0 Å². The van der Waals surface area contributed by atoms with Crippen molar-refractivity contribution in [2.75, 3.05) is 0 Å². The summed E-state index contributed by atoms with van der Waals surface area (Å²) in [5, 5.41) is 0. The van der Waals surface area contributed by atoms with Crippen molar-refractivity contribution in [3.05, 3.63) is 72.3 Å². The second kappa shape index (κ2) is 8.62. The summed E-state index contributed by atoms with van der Waals surface area (Å²) in [6.07, 6.45) is 0. The van der Waals surface area contributed by atoms with Gasteiger partial charge in [-0.2, -0.15) is 11.6 Å². The second-order valence-corrected chi connectivity index (χ2v) is 4.28. The minimum Gasteiger partial charge on any atom is -1.00 e. The van der Waals surface area contributed by atoms with E-state index >= 15 is 0 Å². The van der Waals surface area contributed by atoms with E-state index in [1.54, 1.807) is 0 Å². The van der Waals surface area contributed by atoms with Crippen LogP contribution in [0.5, 0.6) is 0 Å². The van der Waals surface area contributed by atoms with Gasteiger partial charge in [-0.1, -0.05) is 55.0 Å². The first-order chi connectivity index (χ1) is 8.34. The fourth-order valence-corrected chi connectivity index (χ4v) is 2.23. The van der Waals surface area contributed by atoms with Crippen molar-refractivity contribution in [3.63, 3.8) is 0 Å². The molecule has 1 aromatic rings. The third kappa shape index (κ3) is 3.95. The summed E-state index contributed by atoms with van der Waals surface area (Å²) >= 11 is 0. The molecule has 20 heavy (non-hydrogen) atoms. The van der Waals surface area contributed by atoms with Crippen LogP contribution < -0.4 is 24.8 Å². The van der Waals surface area contributed by atoms with Gasteiger partial charge in [0.25, 0.3) is 0 Å². The van der Waals surface area contributed by atoms with Crippen molar-refractivity contribution >= 4 is 0 Å². The predicted octanol–water partition coefficient (Wildman–Crippen LogP) is -1.43. The zero-order chi connectivity index (χ0) is 11.7. The minimum absolute atomic E-state index is 0. The van der Waals surface area contributed by atoms with Gasteiger partial charge in [-0.05, 0) is 5.56 Å². The Morgan fingerprint density at radius 2 is 1.35 bits per heavy atom. The molecule has 2 aliphatic rings. The van der Waals surface area contributed by atoms with Gasteiger partial charge in [-0.3, -0.25) is 0 Å². The molecule has 99 valence electrons. The van der Waals surface area contributed by atoms with Crippen LogP contribution >= 0.6 is 0 Å². The van der Waals surface area contributed by atoms with Crippen LogP contribution in [0, 0.1) is 13.0 Å². The van der Waals surface area contributed by atoms with E-state index in [-0.39, 0.29) is 51.0 Å². The van der Waals surface area contributed by atoms with Gasteiger partial charge in [0, 0.05) is 0 Å². The molecule has 0 fully saturated rings. The van der Waals surface area contributed by atoms with Gasteiger partial charge in [0.15, 0.2) is 0 Å². The van der Waals surface area contributed by atoms with Crippen LogP contribution in [0.2, 0.25) is 0 Å². The zero-order valence-electron chi connectivity index (χ0n) is 11.0. The molecule has 0 N–H and O–H groups in total. The molecule has 0 nitrogen and oxygen atoms in total. The van der Waals surface area contributed by atoms with Gasteiger partial charge < -0.3 is 24.8 Å². The molecule has 0 atom stereocenters. The van der Waals surface area contributed by atoms with Crippen molar-refractivity contribution in [2.45, 2.75) is 6.92 Å². The summed E-state index contributed by atoms with van der Waals surface area (Å²) in [6.45, 7) is 2.09. The molecule has 0 bridgehead atoms. The van der Waals surface area contributed by atoms with Gasteiger partial charge in [0.2, 0.25) is 0 Å². The van der Waals surface area contributed by atoms with E-state index < -0.39 is 0 Å². The molecule has 0 spiro atoms. The van der Waals surface area contributed by atoms with Crippen molar-refractivity contribution in [3.8, 4) is 22.3 Å². The number of benzene rings is 1. The Morgan fingerprint density at radius 3 is 2.05 bits per heavy atom. The maximum Gasteiger partial charge on any atom is 3.00 e. The molecule has 0 saturated heterocycles. The van der Waals surface area contributed by atoms with E-state index in [1.807, 2.05) is 6.07 Å². The monoisotopic (exact) mass is 377 g/mol. The van der Waals surface area contributed by atoms with Crippen LogP contribution in [0.3, 0.4) is 0 Å². The van der Waals surface area contributed by atoms with E-state index in [2.05, 4.69) is 67.6 Å². The van der Waals surface area contributed by atoms with E-state index in [1.165, 1.54) is 27.8 Å². The van der Waals surface area contributed by atoms with Gasteiger partial charge >= 0.3 is 26.2 Å². The summed E-state index contributed by atoms with van der Waals surface area (Å²) < 4.78 is 0. The molecule has 1 radical (unpaired) electrons. The summed E-state index contributed by atoms with van der Waals surface area (Å²) in [7, 11) is 0. The summed E-state index contributed by atoms with van der Waals surface area (Å²) in [4.78, 5) is 0. The minimum atomic E-state index is 0. The topological polar surface area (TPSA) is 0 Å². The van der Waals surface area contributed by atoms with E-state index in [4.69, 9.17) is 0 Å². The van der Waals surface area contributed by atoms with Crippen LogP contribution in [0.1, 0.15) is 5.56 Å². The summed E-state index contributed by atoms with van der Waals surface area (Å²) in [5.41, 5.74) is 6.19. The Labute approximate surface area is 151 Å². The van der Waals surface area contributed by atoms with E-state index in [9.17, 15) is 0 Å². The van der Waals surface area contributed by atoms with Crippen molar-refractivity contribution in [2.24, 2.45) is 0 Å². The number of aryl methyl sites for hydroxylation is 1. The Hall–Kier alpha value is -0.617. The molecule has 3 heteroatoms. The van der Waals surface area contributed by atoms with Crippen molar-refractivity contribution in [1.82, 2.24) is 0 Å². The number of halogens is 2. The maximum atomic E-state index is 3.39. The quantitative estimate of drug-likeness (QED) is 0.455. The van der Waals surface area contributed by atoms with Crippen LogP contribution in [0.25, 0.3) is 22.3 Å². The molecular weight excluding hydrogens is 366 g/mol. The average Bonchev–Trinajstić information content (AvgIpc) is 2.61. The van der Waals surface area contributed by atoms with Gasteiger partial charge in [0.05, 0.1) is 0 Å². The first kappa shape index (κ1) is 19.4. The molecular formula is C17H13Cl2Zr. The molecule has 0 aliphatic heterocycles. The fraction of sp³-hybridized carbons (Fsp3) is 0.0588. The van der Waals surface area contributed by atoms with Crippen LogP contribution in [-0.2, 0) is 26.2 Å². The standard InChI is InChI=1S/C17H13.2ClH.Zr/c1-13-11-15-9-5-6-10-16(17(15)12-13)14-7-3-2-4-8-14;;;/h2-10,12H,1H3;2*1H;/q-1;;;+3/p-2. The Morgan fingerprint density at radius 1 is 0.750 bits per heavy atom. The smallest absolute Gasteiger partial charge is 1.00 e. The third-order valence-electron chi connectivity index (χ3n) is 2.99. The Balaban J connectivity index is 0.00000120. The molecule has 2 aliphatic carbocycles. The molecule has 0 saturated carbocycles. The Kier molecular flexibility index (Phi) is 8.36. The SMILES string of the molecule is Cc1[c-]c2ccccc(-c3ccccc3)c-2c1.[Cl-].[Cl-].[Zr+3].